The number of benzene rings is 1. The number of furan rings is 1. The van der Waals surface area contributed by atoms with E-state index in [-0.39, 0.29) is 29.2 Å². The van der Waals surface area contributed by atoms with Gasteiger partial charge in [-0.1, -0.05) is 18.2 Å². The number of carbonyl (C=O) groups is 2. The predicted molar refractivity (Wildman–Crippen MR) is 96.9 cm³/mol. The van der Waals surface area contributed by atoms with Crippen LogP contribution in [0.15, 0.2) is 39.9 Å². The molecular weight excluding hydrogens is 356 g/mol. The molecule has 0 aliphatic heterocycles. The molecule has 0 fully saturated rings. The Morgan fingerprint density at radius 2 is 1.93 bits per heavy atom. The van der Waals surface area contributed by atoms with Crippen LogP contribution in [0.4, 0.5) is 16.4 Å². The average Bonchev–Trinajstić information content (AvgIpc) is 2.98. The van der Waals surface area contributed by atoms with Crippen molar-refractivity contribution in [2.24, 2.45) is 5.10 Å². The van der Waals surface area contributed by atoms with E-state index in [4.69, 9.17) is 9.15 Å². The Morgan fingerprint density at radius 3 is 2.52 bits per heavy atom. The Balaban J connectivity index is 2.27. The fourth-order valence-corrected chi connectivity index (χ4v) is 2.36. The minimum absolute atomic E-state index is 0.0353. The van der Waals surface area contributed by atoms with Gasteiger partial charge in [0.15, 0.2) is 5.56 Å². The Bertz CT molecular complexity index is 888. The maximum atomic E-state index is 12.1. The molecule has 0 spiro atoms. The fourth-order valence-electron chi connectivity index (χ4n) is 2.36. The van der Waals surface area contributed by atoms with Crippen LogP contribution in [0.1, 0.15) is 35.5 Å². The SMILES string of the molecule is CCOC(=O)c1c([N+](=O)[O-])oc(C)c1/C(C)=N/NC(=O)Nc1ccccc1. The maximum absolute atomic E-state index is 12.1. The number of ether oxygens (including phenoxy) is 1. The van der Waals surface area contributed by atoms with Crippen molar-refractivity contribution in [3.05, 3.63) is 57.3 Å². The van der Waals surface area contributed by atoms with Crippen molar-refractivity contribution in [2.75, 3.05) is 11.9 Å². The summed E-state index contributed by atoms with van der Waals surface area (Å²) in [5.74, 6) is -1.53. The topological polar surface area (TPSA) is 136 Å². The largest absolute Gasteiger partial charge is 0.462 e. The molecule has 0 saturated heterocycles. The number of aryl methyl sites for hydroxylation is 1. The third-order valence-electron chi connectivity index (χ3n) is 3.43. The minimum atomic E-state index is -0.903. The maximum Gasteiger partial charge on any atom is 0.448 e. The van der Waals surface area contributed by atoms with Crippen molar-refractivity contribution in [3.8, 4) is 0 Å². The molecular formula is C17H18N4O6. The lowest BCUT2D eigenvalue weighted by atomic mass is 10.1. The van der Waals surface area contributed by atoms with E-state index < -0.39 is 22.8 Å². The van der Waals surface area contributed by atoms with Gasteiger partial charge in [0.2, 0.25) is 0 Å². The Hall–Kier alpha value is -3.69. The van der Waals surface area contributed by atoms with Gasteiger partial charge in [0.05, 0.1) is 17.9 Å². The number of nitro groups is 1. The van der Waals surface area contributed by atoms with Crippen molar-refractivity contribution in [2.45, 2.75) is 20.8 Å². The molecule has 0 radical (unpaired) electrons. The highest BCUT2D eigenvalue weighted by Gasteiger charge is 2.34. The number of amides is 2. The van der Waals surface area contributed by atoms with E-state index in [0.717, 1.165) is 0 Å². The van der Waals surface area contributed by atoms with Crippen molar-refractivity contribution in [1.29, 1.82) is 0 Å². The van der Waals surface area contributed by atoms with Crippen molar-refractivity contribution >= 4 is 29.3 Å². The Kier molecular flexibility index (Phi) is 6.26. The summed E-state index contributed by atoms with van der Waals surface area (Å²) < 4.78 is 9.96. The van der Waals surface area contributed by atoms with Crippen LogP contribution in [0.2, 0.25) is 0 Å². The van der Waals surface area contributed by atoms with E-state index in [9.17, 15) is 19.7 Å². The summed E-state index contributed by atoms with van der Waals surface area (Å²) in [6.45, 7) is 4.54. The van der Waals surface area contributed by atoms with Gasteiger partial charge in [0, 0.05) is 5.69 Å². The summed E-state index contributed by atoms with van der Waals surface area (Å²) >= 11 is 0. The summed E-state index contributed by atoms with van der Waals surface area (Å²) in [6.07, 6.45) is 0. The van der Waals surface area contributed by atoms with Crippen LogP contribution in [0.5, 0.6) is 0 Å². The van der Waals surface area contributed by atoms with Crippen LogP contribution in [0.3, 0.4) is 0 Å². The normalized spacial score (nSPS) is 11.0. The van der Waals surface area contributed by atoms with Gasteiger partial charge in [-0.15, -0.1) is 0 Å². The number of rotatable bonds is 6. The second-order valence-corrected chi connectivity index (χ2v) is 5.32. The van der Waals surface area contributed by atoms with Gasteiger partial charge in [-0.3, -0.25) is 10.1 Å². The third kappa shape index (κ3) is 4.69. The number of carbonyl (C=O) groups excluding carboxylic acids is 2. The standard InChI is InChI=1S/C17H18N4O6/c1-4-26-16(22)14-13(11(3)27-15(14)21(24)25)10(2)19-20-17(23)18-12-8-6-5-7-9-12/h5-9H,4H2,1-3H3,(H2,18,20,23)/b19-10+. The van der Waals surface area contributed by atoms with Gasteiger partial charge in [0.1, 0.15) is 10.7 Å². The predicted octanol–water partition coefficient (Wildman–Crippen LogP) is 3.22. The molecule has 2 amide bonds. The number of hydrogen-bond acceptors (Lipinski definition) is 7. The first kappa shape index (κ1) is 19.6. The Morgan fingerprint density at radius 1 is 1.26 bits per heavy atom. The number of para-hydroxylation sites is 1. The number of anilines is 1. The Labute approximate surface area is 154 Å². The van der Waals surface area contributed by atoms with Gasteiger partial charge in [-0.25, -0.2) is 15.0 Å². The lowest BCUT2D eigenvalue weighted by Gasteiger charge is -2.06. The highest BCUT2D eigenvalue weighted by atomic mass is 16.6. The second kappa shape index (κ2) is 8.61. The zero-order chi connectivity index (χ0) is 20.0. The van der Waals surface area contributed by atoms with Crippen LogP contribution in [0.25, 0.3) is 0 Å². The molecule has 27 heavy (non-hydrogen) atoms. The highest BCUT2D eigenvalue weighted by Crippen LogP contribution is 2.30. The molecule has 0 aliphatic rings. The second-order valence-electron chi connectivity index (χ2n) is 5.32. The first-order chi connectivity index (χ1) is 12.8. The van der Waals surface area contributed by atoms with Gasteiger partial charge in [-0.2, -0.15) is 5.10 Å². The molecule has 10 nitrogen and oxygen atoms in total. The lowest BCUT2D eigenvalue weighted by molar-refractivity contribution is -0.402. The zero-order valence-corrected chi connectivity index (χ0v) is 14.9. The molecule has 1 aromatic heterocycles. The van der Waals surface area contributed by atoms with Crippen LogP contribution < -0.4 is 10.7 Å². The first-order valence-electron chi connectivity index (χ1n) is 7.96. The van der Waals surface area contributed by atoms with E-state index in [1.165, 1.54) is 13.8 Å². The number of nitrogens with zero attached hydrogens (tertiary/aromatic N) is 2. The van der Waals surface area contributed by atoms with Gasteiger partial charge in [0.25, 0.3) is 0 Å². The lowest BCUT2D eigenvalue weighted by Crippen LogP contribution is -2.25. The minimum Gasteiger partial charge on any atom is -0.462 e. The number of esters is 1. The molecule has 2 aromatic rings. The average molecular weight is 374 g/mol. The third-order valence-corrected chi connectivity index (χ3v) is 3.43. The van der Waals surface area contributed by atoms with Gasteiger partial charge >= 0.3 is 17.9 Å². The first-order valence-corrected chi connectivity index (χ1v) is 7.96. The molecule has 0 unspecified atom stereocenters. The summed E-state index contributed by atoms with van der Waals surface area (Å²) in [5, 5.41) is 17.6. The zero-order valence-electron chi connectivity index (χ0n) is 14.9. The monoisotopic (exact) mass is 374 g/mol. The van der Waals surface area contributed by atoms with Crippen LogP contribution in [-0.2, 0) is 4.74 Å². The number of hydrogen-bond donors (Lipinski definition) is 2. The summed E-state index contributed by atoms with van der Waals surface area (Å²) in [6, 6.07) is 8.08. The van der Waals surface area contributed by atoms with Crippen LogP contribution in [0, 0.1) is 17.0 Å². The van der Waals surface area contributed by atoms with E-state index >= 15 is 0 Å². The van der Waals surface area contributed by atoms with E-state index in [1.54, 1.807) is 37.3 Å². The molecule has 0 atom stereocenters. The number of urea groups is 1. The highest BCUT2D eigenvalue weighted by molar-refractivity contribution is 6.10. The fraction of sp³-hybridized carbons (Fsp3) is 0.235. The van der Waals surface area contributed by atoms with Crippen molar-refractivity contribution < 1.29 is 23.7 Å². The molecule has 0 aliphatic carbocycles. The van der Waals surface area contributed by atoms with E-state index in [1.807, 2.05) is 0 Å². The van der Waals surface area contributed by atoms with E-state index in [2.05, 4.69) is 15.8 Å². The molecule has 10 heteroatoms. The van der Waals surface area contributed by atoms with Crippen molar-refractivity contribution in [3.63, 3.8) is 0 Å². The number of hydrazone groups is 1. The molecule has 2 rings (SSSR count). The summed E-state index contributed by atoms with van der Waals surface area (Å²) in [5.41, 5.74) is 2.73. The van der Waals surface area contributed by atoms with Crippen LogP contribution >= 0.6 is 0 Å². The van der Waals surface area contributed by atoms with Gasteiger partial charge < -0.3 is 14.5 Å². The molecule has 142 valence electrons. The smallest absolute Gasteiger partial charge is 0.448 e. The van der Waals surface area contributed by atoms with E-state index in [0.29, 0.717) is 5.69 Å². The van der Waals surface area contributed by atoms with Gasteiger partial charge in [-0.05, 0) is 32.9 Å². The molecule has 2 N–H and O–H groups in total. The molecule has 1 heterocycles. The molecule has 0 bridgehead atoms. The summed E-state index contributed by atoms with van der Waals surface area (Å²) in [7, 11) is 0. The summed E-state index contributed by atoms with van der Waals surface area (Å²) in [4.78, 5) is 34.4. The molecule has 1 aromatic carbocycles. The van der Waals surface area contributed by atoms with Crippen molar-refractivity contribution in [1.82, 2.24) is 5.43 Å². The molecule has 0 saturated carbocycles. The number of nitrogens with one attached hydrogen (secondary N) is 2. The van der Waals surface area contributed by atoms with Crippen LogP contribution in [-0.4, -0.2) is 29.2 Å². The quantitative estimate of drug-likeness (QED) is 0.345.